The number of amides is 1. The van der Waals surface area contributed by atoms with Crippen molar-refractivity contribution in [3.05, 3.63) is 114 Å². The fraction of sp³-hybridized carbons (Fsp3) is 0.111. The number of rotatable bonds is 7. The quantitative estimate of drug-likeness (QED) is 0.322. The number of nitrogens with zero attached hydrogens (tertiary/aromatic N) is 1. The molecule has 4 nitrogen and oxygen atoms in total. The van der Waals surface area contributed by atoms with Crippen LogP contribution in [-0.2, 0) is 4.79 Å². The third-order valence-electron chi connectivity index (χ3n) is 5.13. The van der Waals surface area contributed by atoms with Gasteiger partial charge < -0.3 is 4.74 Å². The lowest BCUT2D eigenvalue weighted by atomic mass is 9.88. The van der Waals surface area contributed by atoms with Gasteiger partial charge >= 0.3 is 0 Å². The molecule has 0 atom stereocenters. The van der Waals surface area contributed by atoms with Gasteiger partial charge in [0.2, 0.25) is 0 Å². The second-order valence-corrected chi connectivity index (χ2v) is 7.34. The molecule has 31 heavy (non-hydrogen) atoms. The first-order valence-corrected chi connectivity index (χ1v) is 10.3. The van der Waals surface area contributed by atoms with Gasteiger partial charge in [-0.2, -0.15) is 5.10 Å². The molecule has 0 radical (unpaired) electrons. The number of hydrogen-bond donors (Lipinski definition) is 1. The van der Waals surface area contributed by atoms with Gasteiger partial charge in [-0.1, -0.05) is 91.0 Å². The van der Waals surface area contributed by atoms with Crippen LogP contribution >= 0.6 is 0 Å². The molecule has 0 unspecified atom stereocenters. The van der Waals surface area contributed by atoms with Crippen LogP contribution in [0.1, 0.15) is 24.0 Å². The Morgan fingerprint density at radius 1 is 0.806 bits per heavy atom. The monoisotopic (exact) mass is 408 g/mol. The molecule has 0 spiro atoms. The van der Waals surface area contributed by atoms with E-state index in [1.807, 2.05) is 85.8 Å². The van der Waals surface area contributed by atoms with Crippen LogP contribution < -0.4 is 10.2 Å². The predicted octanol–water partition coefficient (Wildman–Crippen LogP) is 5.54. The maximum Gasteiger partial charge on any atom is 0.277 e. The Balaban J connectivity index is 1.43. The van der Waals surface area contributed by atoms with Crippen LogP contribution in [0.15, 0.2) is 108 Å². The minimum atomic E-state index is -0.299. The Bertz CT molecular complexity index is 1150. The number of ether oxygens (including phenoxy) is 1. The maximum atomic E-state index is 12.3. The number of hydrogen-bond acceptors (Lipinski definition) is 3. The molecule has 0 aromatic heterocycles. The molecule has 1 N–H and O–H groups in total. The van der Waals surface area contributed by atoms with Gasteiger partial charge in [0.25, 0.3) is 5.91 Å². The molecular weight excluding hydrogens is 384 g/mol. The van der Waals surface area contributed by atoms with Crippen LogP contribution in [0, 0.1) is 0 Å². The normalized spacial score (nSPS) is 11.5. The lowest BCUT2D eigenvalue weighted by molar-refractivity contribution is -0.123. The molecule has 4 rings (SSSR count). The lowest BCUT2D eigenvalue weighted by Gasteiger charge is -2.18. The highest BCUT2D eigenvalue weighted by Crippen LogP contribution is 2.26. The maximum absolute atomic E-state index is 12.3. The lowest BCUT2D eigenvalue weighted by Crippen LogP contribution is -2.26. The van der Waals surface area contributed by atoms with Crippen LogP contribution in [0.4, 0.5) is 0 Å². The molecular formula is C27H24N2O2. The van der Waals surface area contributed by atoms with Crippen LogP contribution in [0.25, 0.3) is 10.8 Å². The number of carbonyl (C=O) groups excluding carboxylic acids is 1. The number of hydrazone groups is 1. The number of carbonyl (C=O) groups is 1. The van der Waals surface area contributed by atoms with Gasteiger partial charge in [0.1, 0.15) is 5.75 Å². The van der Waals surface area contributed by atoms with Crippen molar-refractivity contribution in [1.82, 2.24) is 5.43 Å². The minimum absolute atomic E-state index is 0.0379. The average Bonchev–Trinajstić information content (AvgIpc) is 2.83. The first kappa shape index (κ1) is 20.4. The summed E-state index contributed by atoms with van der Waals surface area (Å²) in [6, 6.07) is 34.1. The van der Waals surface area contributed by atoms with Crippen molar-refractivity contribution >= 4 is 22.4 Å². The highest BCUT2D eigenvalue weighted by atomic mass is 16.5. The van der Waals surface area contributed by atoms with E-state index in [1.54, 1.807) is 0 Å². The summed E-state index contributed by atoms with van der Waals surface area (Å²) >= 11 is 0. The predicted molar refractivity (Wildman–Crippen MR) is 125 cm³/mol. The van der Waals surface area contributed by atoms with Crippen LogP contribution in [0.3, 0.4) is 0 Å². The first-order chi connectivity index (χ1) is 15.2. The van der Waals surface area contributed by atoms with E-state index >= 15 is 0 Å². The van der Waals surface area contributed by atoms with Crippen molar-refractivity contribution in [2.75, 3.05) is 6.61 Å². The van der Waals surface area contributed by atoms with Crippen molar-refractivity contribution in [3.63, 3.8) is 0 Å². The summed E-state index contributed by atoms with van der Waals surface area (Å²) < 4.78 is 5.66. The standard InChI is InChI=1S/C27H24N2O2/c1-20(27(22-11-4-2-5-12-22)23-13-6-3-7-14-23)28-29-26(30)19-31-25-17-16-21-10-8-9-15-24(21)18-25/h2-18,27H,19H2,1H3,(H,29,30)/b28-20+. The molecule has 154 valence electrons. The summed E-state index contributed by atoms with van der Waals surface area (Å²) in [6.45, 7) is 1.82. The molecule has 4 aromatic carbocycles. The van der Waals surface area contributed by atoms with Crippen molar-refractivity contribution in [2.45, 2.75) is 12.8 Å². The summed E-state index contributed by atoms with van der Waals surface area (Å²) in [4.78, 5) is 12.3. The Kier molecular flexibility index (Phi) is 6.38. The van der Waals surface area contributed by atoms with E-state index in [9.17, 15) is 4.79 Å². The summed E-state index contributed by atoms with van der Waals surface area (Å²) in [5.74, 6) is 0.317. The molecule has 4 aromatic rings. The Labute approximate surface area is 182 Å². The molecule has 4 heteroatoms. The number of benzene rings is 4. The van der Waals surface area contributed by atoms with Gasteiger partial charge in [-0.3, -0.25) is 4.79 Å². The van der Waals surface area contributed by atoms with E-state index in [1.165, 1.54) is 0 Å². The Morgan fingerprint density at radius 3 is 2.03 bits per heavy atom. The van der Waals surface area contributed by atoms with Gasteiger partial charge in [0.15, 0.2) is 6.61 Å². The fourth-order valence-electron chi connectivity index (χ4n) is 3.62. The molecule has 0 aliphatic rings. The summed E-state index contributed by atoms with van der Waals surface area (Å²) in [7, 11) is 0. The van der Waals surface area contributed by atoms with E-state index < -0.39 is 0 Å². The van der Waals surface area contributed by atoms with Gasteiger partial charge in [-0.25, -0.2) is 5.43 Å². The molecule has 0 heterocycles. The Morgan fingerprint density at radius 2 is 1.39 bits per heavy atom. The number of fused-ring (bicyclic) bond motifs is 1. The summed E-state index contributed by atoms with van der Waals surface area (Å²) in [5.41, 5.74) is 5.68. The van der Waals surface area contributed by atoms with Gasteiger partial charge in [-0.05, 0) is 41.0 Å². The Hall–Kier alpha value is -3.92. The van der Waals surface area contributed by atoms with Crippen LogP contribution in [0.2, 0.25) is 0 Å². The molecule has 0 bridgehead atoms. The van der Waals surface area contributed by atoms with Gasteiger partial charge in [0.05, 0.1) is 0 Å². The summed E-state index contributed by atoms with van der Waals surface area (Å²) in [5, 5.41) is 6.58. The van der Waals surface area contributed by atoms with Crippen LogP contribution in [0.5, 0.6) is 5.75 Å². The van der Waals surface area contributed by atoms with E-state index in [2.05, 4.69) is 34.8 Å². The molecule has 0 saturated carbocycles. The van der Waals surface area contributed by atoms with Crippen LogP contribution in [-0.4, -0.2) is 18.2 Å². The third-order valence-corrected chi connectivity index (χ3v) is 5.13. The van der Waals surface area contributed by atoms with E-state index in [0.717, 1.165) is 27.6 Å². The fourth-order valence-corrected chi connectivity index (χ4v) is 3.62. The van der Waals surface area contributed by atoms with E-state index in [4.69, 9.17) is 4.74 Å². The third kappa shape index (κ3) is 5.17. The summed E-state index contributed by atoms with van der Waals surface area (Å²) in [6.07, 6.45) is 0. The zero-order valence-electron chi connectivity index (χ0n) is 17.4. The smallest absolute Gasteiger partial charge is 0.277 e. The second-order valence-electron chi connectivity index (χ2n) is 7.34. The van der Waals surface area contributed by atoms with Crippen molar-refractivity contribution in [1.29, 1.82) is 0 Å². The molecule has 1 amide bonds. The topological polar surface area (TPSA) is 50.7 Å². The highest BCUT2D eigenvalue weighted by Gasteiger charge is 2.17. The molecule has 0 fully saturated rings. The zero-order chi connectivity index (χ0) is 21.5. The first-order valence-electron chi connectivity index (χ1n) is 10.3. The van der Waals surface area contributed by atoms with Gasteiger partial charge in [-0.15, -0.1) is 0 Å². The van der Waals surface area contributed by atoms with E-state index in [-0.39, 0.29) is 18.4 Å². The SMILES string of the molecule is C/C(=N\NC(=O)COc1ccc2ccccc2c1)C(c1ccccc1)c1ccccc1. The minimum Gasteiger partial charge on any atom is -0.484 e. The second kappa shape index (κ2) is 9.72. The zero-order valence-corrected chi connectivity index (χ0v) is 17.4. The molecule has 0 aliphatic carbocycles. The van der Waals surface area contributed by atoms with Crippen molar-refractivity contribution in [3.8, 4) is 5.75 Å². The molecule has 0 aliphatic heterocycles. The van der Waals surface area contributed by atoms with E-state index in [0.29, 0.717) is 5.75 Å². The number of nitrogens with one attached hydrogen (secondary N) is 1. The van der Waals surface area contributed by atoms with Crippen molar-refractivity contribution < 1.29 is 9.53 Å². The van der Waals surface area contributed by atoms with Crippen molar-refractivity contribution in [2.24, 2.45) is 5.10 Å². The largest absolute Gasteiger partial charge is 0.484 e. The average molecular weight is 409 g/mol. The highest BCUT2D eigenvalue weighted by molar-refractivity contribution is 5.93. The molecule has 0 saturated heterocycles. The van der Waals surface area contributed by atoms with Gasteiger partial charge in [0, 0.05) is 11.6 Å².